The van der Waals surface area contributed by atoms with E-state index in [1.807, 2.05) is 42.5 Å². The quantitative estimate of drug-likeness (QED) is 0.845. The first kappa shape index (κ1) is 16.2. The van der Waals surface area contributed by atoms with Gasteiger partial charge in [0.05, 0.1) is 12.3 Å². The largest absolute Gasteiger partial charge is 0.344 e. The Balaban J connectivity index is 2.73. The lowest BCUT2D eigenvalue weighted by Crippen LogP contribution is -2.30. The fourth-order valence-electron chi connectivity index (χ4n) is 2.37. The number of rotatable bonds is 5. The summed E-state index contributed by atoms with van der Waals surface area (Å²) < 4.78 is 6.99. The maximum absolute atomic E-state index is 9.50. The van der Waals surface area contributed by atoms with Crippen LogP contribution in [0.2, 0.25) is 0 Å². The van der Waals surface area contributed by atoms with Crippen LogP contribution in [0.5, 0.6) is 0 Å². The number of hydrogen-bond acceptors (Lipinski definition) is 5. The summed E-state index contributed by atoms with van der Waals surface area (Å²) in [6.07, 6.45) is 1.43. The lowest BCUT2D eigenvalue weighted by molar-refractivity contribution is 0.0399. The lowest BCUT2D eigenvalue weighted by Gasteiger charge is -2.22. The molecule has 1 aromatic carbocycles. The number of ether oxygens (including phenoxy) is 1. The van der Waals surface area contributed by atoms with Gasteiger partial charge in [-0.15, -0.1) is 0 Å². The fourth-order valence-corrected chi connectivity index (χ4v) is 2.37. The highest BCUT2D eigenvalue weighted by Gasteiger charge is 2.39. The molecule has 0 N–H and O–H groups in total. The van der Waals surface area contributed by atoms with E-state index in [0.29, 0.717) is 5.82 Å². The summed E-state index contributed by atoms with van der Waals surface area (Å²) in [6.45, 7) is 3.58. The molecule has 114 valence electrons. The van der Waals surface area contributed by atoms with E-state index in [-0.39, 0.29) is 12.3 Å². The van der Waals surface area contributed by atoms with Gasteiger partial charge in [0.15, 0.2) is 0 Å². The second kappa shape index (κ2) is 6.75. The topological polar surface area (TPSA) is 98.4 Å². The van der Waals surface area contributed by atoms with Crippen molar-refractivity contribution in [3.8, 4) is 29.6 Å². The summed E-state index contributed by atoms with van der Waals surface area (Å²) >= 11 is 0. The highest BCUT2D eigenvalue weighted by atomic mass is 16.5. The maximum Gasteiger partial charge on any atom is 0.283 e. The number of nitriles is 3. The first-order valence-electron chi connectivity index (χ1n) is 7.12. The van der Waals surface area contributed by atoms with Gasteiger partial charge in [0.2, 0.25) is 0 Å². The zero-order valence-corrected chi connectivity index (χ0v) is 12.9. The number of aromatic nitrogens is 2. The van der Waals surface area contributed by atoms with Crippen LogP contribution in [-0.2, 0) is 10.3 Å². The summed E-state index contributed by atoms with van der Waals surface area (Å²) in [5.74, 6) is 0.518. The monoisotopic (exact) mass is 305 g/mol. The van der Waals surface area contributed by atoms with Gasteiger partial charge < -0.3 is 9.30 Å². The molecule has 0 radical (unpaired) electrons. The number of benzene rings is 1. The Morgan fingerprint density at radius 2 is 1.87 bits per heavy atom. The average Bonchev–Trinajstić information content (AvgIpc) is 3.05. The van der Waals surface area contributed by atoms with Crippen molar-refractivity contribution in [3.05, 3.63) is 42.2 Å². The van der Waals surface area contributed by atoms with Crippen LogP contribution in [0.25, 0.3) is 11.4 Å². The minimum Gasteiger partial charge on any atom is -0.344 e. The van der Waals surface area contributed by atoms with Gasteiger partial charge in [0.25, 0.3) is 5.60 Å². The third-order valence-electron chi connectivity index (χ3n) is 3.44. The highest BCUT2D eigenvalue weighted by Crippen LogP contribution is 2.32. The molecule has 0 aliphatic heterocycles. The molecule has 0 spiro atoms. The molecule has 2 rings (SSSR count). The standard InChI is InChI=1S/C17H15N5O/c1-3-23-17(11-19,12-20)15-10-21-16(22(15)13(2)9-18)14-7-5-4-6-8-14/h4-8,10,13H,3H2,1-2H3. The molecule has 0 saturated carbocycles. The Labute approximate surface area is 134 Å². The van der Waals surface area contributed by atoms with Crippen molar-refractivity contribution in [2.45, 2.75) is 25.5 Å². The third-order valence-corrected chi connectivity index (χ3v) is 3.44. The summed E-state index contributed by atoms with van der Waals surface area (Å²) in [5, 5.41) is 28.3. The first-order valence-corrected chi connectivity index (χ1v) is 7.12. The molecule has 6 nitrogen and oxygen atoms in total. The smallest absolute Gasteiger partial charge is 0.283 e. The van der Waals surface area contributed by atoms with Crippen LogP contribution in [0.1, 0.15) is 25.6 Å². The van der Waals surface area contributed by atoms with Crippen LogP contribution in [0, 0.1) is 34.0 Å². The van der Waals surface area contributed by atoms with E-state index in [2.05, 4.69) is 11.1 Å². The zero-order valence-electron chi connectivity index (χ0n) is 12.9. The van der Waals surface area contributed by atoms with Crippen molar-refractivity contribution >= 4 is 0 Å². The van der Waals surface area contributed by atoms with E-state index in [9.17, 15) is 15.8 Å². The van der Waals surface area contributed by atoms with Gasteiger partial charge >= 0.3 is 0 Å². The normalized spacial score (nSPS) is 12.0. The minimum atomic E-state index is -1.79. The fraction of sp³-hybridized carbons (Fsp3) is 0.294. The van der Waals surface area contributed by atoms with Crippen LogP contribution < -0.4 is 0 Å². The second-order valence-electron chi connectivity index (χ2n) is 4.85. The summed E-state index contributed by atoms with van der Waals surface area (Å²) in [5.41, 5.74) is -0.737. The van der Waals surface area contributed by atoms with E-state index in [4.69, 9.17) is 4.74 Å². The van der Waals surface area contributed by atoms with Crippen molar-refractivity contribution in [2.24, 2.45) is 0 Å². The van der Waals surface area contributed by atoms with Crippen LogP contribution in [-0.4, -0.2) is 16.2 Å². The summed E-state index contributed by atoms with van der Waals surface area (Å²) in [6, 6.07) is 14.6. The Hall–Kier alpha value is -3.14. The van der Waals surface area contributed by atoms with Gasteiger partial charge in [-0.1, -0.05) is 30.3 Å². The van der Waals surface area contributed by atoms with E-state index in [0.717, 1.165) is 5.56 Å². The molecular weight excluding hydrogens is 290 g/mol. The van der Waals surface area contributed by atoms with E-state index < -0.39 is 11.6 Å². The van der Waals surface area contributed by atoms with E-state index >= 15 is 0 Å². The lowest BCUT2D eigenvalue weighted by atomic mass is 10.0. The average molecular weight is 305 g/mol. The van der Waals surface area contributed by atoms with Crippen LogP contribution in [0.15, 0.2) is 36.5 Å². The molecule has 2 aromatic rings. The molecule has 0 aliphatic carbocycles. The van der Waals surface area contributed by atoms with Gasteiger partial charge in [0, 0.05) is 12.2 Å². The molecule has 0 amide bonds. The molecule has 6 heteroatoms. The Morgan fingerprint density at radius 3 is 2.39 bits per heavy atom. The van der Waals surface area contributed by atoms with Crippen molar-refractivity contribution in [3.63, 3.8) is 0 Å². The summed E-state index contributed by atoms with van der Waals surface area (Å²) in [4.78, 5) is 4.33. The van der Waals surface area contributed by atoms with Crippen molar-refractivity contribution in [2.75, 3.05) is 6.61 Å². The molecular formula is C17H15N5O. The van der Waals surface area contributed by atoms with Crippen molar-refractivity contribution < 1.29 is 4.74 Å². The van der Waals surface area contributed by atoms with Gasteiger partial charge in [-0.25, -0.2) is 4.98 Å². The maximum atomic E-state index is 9.50. The number of nitrogens with zero attached hydrogens (tertiary/aromatic N) is 5. The van der Waals surface area contributed by atoms with Gasteiger partial charge in [-0.2, -0.15) is 15.8 Å². The SMILES string of the molecule is CCOC(C#N)(C#N)c1cnc(-c2ccccc2)n1C(C)C#N. The Bertz CT molecular complexity index is 790. The number of hydrogen-bond donors (Lipinski definition) is 0. The molecule has 1 unspecified atom stereocenters. The minimum absolute atomic E-state index is 0.188. The molecule has 1 heterocycles. The molecule has 0 aliphatic rings. The Kier molecular flexibility index (Phi) is 4.76. The van der Waals surface area contributed by atoms with E-state index in [1.165, 1.54) is 6.20 Å². The van der Waals surface area contributed by atoms with Crippen LogP contribution in [0.4, 0.5) is 0 Å². The van der Waals surface area contributed by atoms with Gasteiger partial charge in [-0.3, -0.25) is 0 Å². The zero-order chi connectivity index (χ0) is 16.9. The van der Waals surface area contributed by atoms with Gasteiger partial charge in [0.1, 0.15) is 29.7 Å². The molecule has 0 bridgehead atoms. The Morgan fingerprint density at radius 1 is 1.22 bits per heavy atom. The van der Waals surface area contributed by atoms with Crippen LogP contribution in [0.3, 0.4) is 0 Å². The summed E-state index contributed by atoms with van der Waals surface area (Å²) in [7, 11) is 0. The van der Waals surface area contributed by atoms with Crippen LogP contribution >= 0.6 is 0 Å². The molecule has 0 fully saturated rings. The van der Waals surface area contributed by atoms with Crippen molar-refractivity contribution in [1.82, 2.24) is 9.55 Å². The molecule has 1 atom stereocenters. The molecule has 23 heavy (non-hydrogen) atoms. The number of imidazole rings is 1. The second-order valence-corrected chi connectivity index (χ2v) is 4.85. The molecule has 0 saturated heterocycles. The van der Waals surface area contributed by atoms with E-state index in [1.54, 1.807) is 18.4 Å². The van der Waals surface area contributed by atoms with Gasteiger partial charge in [-0.05, 0) is 13.8 Å². The predicted molar refractivity (Wildman–Crippen MR) is 82.5 cm³/mol. The predicted octanol–water partition coefficient (Wildman–Crippen LogP) is 2.91. The van der Waals surface area contributed by atoms with Crippen molar-refractivity contribution in [1.29, 1.82) is 15.8 Å². The first-order chi connectivity index (χ1) is 11.1. The molecule has 1 aromatic heterocycles. The highest BCUT2D eigenvalue weighted by molar-refractivity contribution is 5.57. The third kappa shape index (κ3) is 2.79.